The number of hydrogen-bond donors (Lipinski definition) is 0. The number of carbonyl (C=O) groups excluding carboxylic acids is 1. The summed E-state index contributed by atoms with van der Waals surface area (Å²) in [5.74, 6) is -1.00. The Kier molecular flexibility index (Phi) is 6.89. The summed E-state index contributed by atoms with van der Waals surface area (Å²) in [7, 11) is 0. The van der Waals surface area contributed by atoms with Crippen LogP contribution < -0.4 is 9.80 Å². The van der Waals surface area contributed by atoms with Crippen LogP contribution in [0.2, 0.25) is 0 Å². The van der Waals surface area contributed by atoms with Gasteiger partial charge in [-0.3, -0.25) is 9.69 Å². The normalized spacial score (nSPS) is 16.1. The lowest BCUT2D eigenvalue weighted by atomic mass is 10.1. The van der Waals surface area contributed by atoms with Gasteiger partial charge in [-0.1, -0.05) is 12.1 Å². The molecule has 3 aromatic carbocycles. The molecule has 168 valence electrons. The van der Waals surface area contributed by atoms with Crippen LogP contribution in [0.1, 0.15) is 19.4 Å². The fraction of sp³-hybridized carbons (Fsp3) is 0.154. The molecule has 4 rings (SSSR count). The van der Waals surface area contributed by atoms with E-state index in [1.807, 2.05) is 30.3 Å². The van der Waals surface area contributed by atoms with E-state index >= 15 is 0 Å². The number of anilines is 2. The van der Waals surface area contributed by atoms with E-state index in [0.717, 1.165) is 24.3 Å². The summed E-state index contributed by atoms with van der Waals surface area (Å²) < 4.78 is 26.8. The van der Waals surface area contributed by atoms with E-state index in [-0.39, 0.29) is 17.5 Å². The van der Waals surface area contributed by atoms with Crippen LogP contribution in [-0.2, 0) is 4.79 Å². The van der Waals surface area contributed by atoms with Gasteiger partial charge >= 0.3 is 0 Å². The van der Waals surface area contributed by atoms with E-state index in [4.69, 9.17) is 0 Å². The first-order valence-electron chi connectivity index (χ1n) is 10.7. The maximum absolute atomic E-state index is 13.5. The molecule has 0 aromatic heterocycles. The van der Waals surface area contributed by atoms with Gasteiger partial charge in [0.05, 0.1) is 16.3 Å². The Morgan fingerprint density at radius 2 is 1.45 bits per heavy atom. The maximum atomic E-state index is 13.5. The summed E-state index contributed by atoms with van der Waals surface area (Å²) in [5.41, 5.74) is 3.04. The van der Waals surface area contributed by atoms with E-state index in [0.29, 0.717) is 21.4 Å². The predicted octanol–water partition coefficient (Wildman–Crippen LogP) is 6.62. The molecule has 1 aliphatic rings. The first kappa shape index (κ1) is 22.7. The van der Waals surface area contributed by atoms with Crippen LogP contribution in [0.5, 0.6) is 0 Å². The molecule has 1 fully saturated rings. The number of nitrogens with zero attached hydrogens (tertiary/aromatic N) is 3. The molecule has 1 heterocycles. The van der Waals surface area contributed by atoms with Crippen LogP contribution in [0.15, 0.2) is 82.7 Å². The summed E-state index contributed by atoms with van der Waals surface area (Å²) in [6.07, 6.45) is 1.82. The molecule has 0 atom stereocenters. The molecule has 7 heteroatoms. The predicted molar refractivity (Wildman–Crippen MR) is 133 cm³/mol. The monoisotopic (exact) mass is 463 g/mol. The van der Waals surface area contributed by atoms with Gasteiger partial charge in [0.2, 0.25) is 0 Å². The van der Waals surface area contributed by atoms with Crippen LogP contribution in [0.4, 0.5) is 25.8 Å². The Bertz CT molecular complexity index is 1190. The fourth-order valence-electron chi connectivity index (χ4n) is 3.51. The van der Waals surface area contributed by atoms with Crippen LogP contribution in [0.3, 0.4) is 0 Å². The second-order valence-electron chi connectivity index (χ2n) is 7.36. The number of aliphatic imine (C=N–C) groups is 1. The first-order chi connectivity index (χ1) is 16.0. The summed E-state index contributed by atoms with van der Waals surface area (Å²) in [6, 6.07) is 19.4. The maximum Gasteiger partial charge on any atom is 0.271 e. The average molecular weight is 464 g/mol. The first-order valence-corrected chi connectivity index (χ1v) is 11.5. The Balaban J connectivity index is 1.69. The van der Waals surface area contributed by atoms with Gasteiger partial charge in [-0.15, -0.1) is 0 Å². The van der Waals surface area contributed by atoms with Gasteiger partial charge in [0.15, 0.2) is 5.17 Å². The standard InChI is InChI=1S/C26H23F2N3OS/c1-3-30(4-2)22-13-5-18(6-14-22)17-24-25(32)31(23-15-9-20(28)10-16-23)26(33-24)29-21-11-7-19(27)8-12-21/h5-17H,3-4H2,1-2H3/b24-17-,29-26?. The highest BCUT2D eigenvalue weighted by molar-refractivity contribution is 8.19. The van der Waals surface area contributed by atoms with E-state index in [2.05, 4.69) is 23.7 Å². The van der Waals surface area contributed by atoms with Crippen LogP contribution >= 0.6 is 11.8 Å². The average Bonchev–Trinajstić information content (AvgIpc) is 3.12. The smallest absolute Gasteiger partial charge is 0.271 e. The fourth-order valence-corrected chi connectivity index (χ4v) is 4.52. The van der Waals surface area contributed by atoms with Gasteiger partial charge in [0.25, 0.3) is 5.91 Å². The number of carbonyl (C=O) groups is 1. The molecule has 1 amide bonds. The number of hydrogen-bond acceptors (Lipinski definition) is 4. The molecule has 0 unspecified atom stereocenters. The zero-order chi connectivity index (χ0) is 23.4. The second-order valence-corrected chi connectivity index (χ2v) is 8.37. The lowest BCUT2D eigenvalue weighted by Gasteiger charge is -2.20. The SMILES string of the molecule is CCN(CC)c1ccc(/C=C2\SC(=Nc3ccc(F)cc3)N(c3ccc(F)cc3)C2=O)cc1. The molecule has 1 aliphatic heterocycles. The Morgan fingerprint density at radius 1 is 0.879 bits per heavy atom. The van der Waals surface area contributed by atoms with Crippen molar-refractivity contribution in [2.24, 2.45) is 4.99 Å². The van der Waals surface area contributed by atoms with Gasteiger partial charge in [-0.2, -0.15) is 0 Å². The van der Waals surface area contributed by atoms with Crippen molar-refractivity contribution in [3.05, 3.63) is 94.9 Å². The molecule has 0 bridgehead atoms. The van der Waals surface area contributed by atoms with Gasteiger partial charge in [0.1, 0.15) is 11.6 Å². The van der Waals surface area contributed by atoms with Crippen molar-refractivity contribution in [3.63, 3.8) is 0 Å². The summed E-state index contributed by atoms with van der Waals surface area (Å²) in [6.45, 7) is 6.06. The molecule has 1 saturated heterocycles. The minimum absolute atomic E-state index is 0.250. The van der Waals surface area contributed by atoms with Crippen molar-refractivity contribution >= 4 is 46.0 Å². The van der Waals surface area contributed by atoms with Crippen molar-refractivity contribution in [2.45, 2.75) is 13.8 Å². The lowest BCUT2D eigenvalue weighted by Crippen LogP contribution is -2.28. The topological polar surface area (TPSA) is 35.9 Å². The van der Waals surface area contributed by atoms with Crippen molar-refractivity contribution in [1.29, 1.82) is 0 Å². The third-order valence-electron chi connectivity index (χ3n) is 5.26. The molecule has 0 aliphatic carbocycles. The van der Waals surface area contributed by atoms with E-state index < -0.39 is 0 Å². The molecular weight excluding hydrogens is 440 g/mol. The van der Waals surface area contributed by atoms with Gasteiger partial charge < -0.3 is 4.90 Å². The minimum Gasteiger partial charge on any atom is -0.372 e. The number of amidine groups is 1. The lowest BCUT2D eigenvalue weighted by molar-refractivity contribution is -0.113. The number of thioether (sulfide) groups is 1. The van der Waals surface area contributed by atoms with E-state index in [1.165, 1.54) is 53.1 Å². The van der Waals surface area contributed by atoms with Crippen molar-refractivity contribution in [2.75, 3.05) is 22.9 Å². The quantitative estimate of drug-likeness (QED) is 0.386. The number of rotatable bonds is 6. The number of benzene rings is 3. The van der Waals surface area contributed by atoms with Crippen molar-refractivity contribution in [1.82, 2.24) is 0 Å². The largest absolute Gasteiger partial charge is 0.372 e. The Labute approximate surface area is 196 Å². The van der Waals surface area contributed by atoms with Gasteiger partial charge in [-0.05, 0) is 97.9 Å². The number of halogens is 2. The molecule has 33 heavy (non-hydrogen) atoms. The third kappa shape index (κ3) is 5.14. The van der Waals surface area contributed by atoms with Gasteiger partial charge in [0, 0.05) is 18.8 Å². The van der Waals surface area contributed by atoms with E-state index in [9.17, 15) is 13.6 Å². The highest BCUT2D eigenvalue weighted by Gasteiger charge is 2.34. The van der Waals surface area contributed by atoms with Gasteiger partial charge in [-0.25, -0.2) is 13.8 Å². The zero-order valence-electron chi connectivity index (χ0n) is 18.3. The van der Waals surface area contributed by atoms with Crippen LogP contribution in [0, 0.1) is 11.6 Å². The molecule has 0 N–H and O–H groups in total. The number of amides is 1. The highest BCUT2D eigenvalue weighted by Crippen LogP contribution is 2.37. The third-order valence-corrected chi connectivity index (χ3v) is 6.23. The van der Waals surface area contributed by atoms with Crippen LogP contribution in [-0.4, -0.2) is 24.2 Å². The Hall–Kier alpha value is -3.45. The second kappa shape index (κ2) is 10.0. The summed E-state index contributed by atoms with van der Waals surface area (Å²) in [4.78, 5) is 22.1. The van der Waals surface area contributed by atoms with Crippen LogP contribution in [0.25, 0.3) is 6.08 Å². The molecule has 3 aromatic rings. The summed E-state index contributed by atoms with van der Waals surface area (Å²) in [5, 5.41) is 0.421. The molecule has 0 radical (unpaired) electrons. The van der Waals surface area contributed by atoms with Crippen molar-refractivity contribution in [3.8, 4) is 0 Å². The summed E-state index contributed by atoms with van der Waals surface area (Å²) >= 11 is 1.23. The van der Waals surface area contributed by atoms with E-state index in [1.54, 1.807) is 12.1 Å². The molecule has 0 saturated carbocycles. The van der Waals surface area contributed by atoms with Crippen molar-refractivity contribution < 1.29 is 13.6 Å². The molecular formula is C26H23F2N3OS. The Morgan fingerprint density at radius 3 is 2.03 bits per heavy atom. The minimum atomic E-state index is -0.390. The zero-order valence-corrected chi connectivity index (χ0v) is 19.2. The highest BCUT2D eigenvalue weighted by atomic mass is 32.2. The molecule has 0 spiro atoms. The molecule has 4 nitrogen and oxygen atoms in total.